The van der Waals surface area contributed by atoms with Crippen LogP contribution in [-0.4, -0.2) is 34.2 Å². The van der Waals surface area contributed by atoms with Crippen molar-refractivity contribution in [2.24, 2.45) is 11.7 Å². The molecule has 2 aliphatic carbocycles. The Kier molecular flexibility index (Phi) is 7.91. The van der Waals surface area contributed by atoms with E-state index in [-0.39, 0.29) is 18.7 Å². The van der Waals surface area contributed by atoms with E-state index in [4.69, 9.17) is 5.73 Å². The Morgan fingerprint density at radius 3 is 2.45 bits per heavy atom. The third kappa shape index (κ3) is 5.66. The number of nitrogens with one attached hydrogen (secondary N) is 1. The standard InChI is InChI=1S/C32H36N2O4/c33-31(37)29-23(15-14-21-10-4-6-12-26(21)29)17-25(35)18-24(16-20-8-2-1-3-9-20)32(38)34-30-27-13-7-5-11-22(27)19-28(30)36/h1-3,5,7-9,11,13-15,24-25,28,30,35-36H,4,6,10,12,16-19H2,(H2,33,37)(H,34,38)/t24-,25-,28-,30+/m1/s1. The molecule has 5 rings (SSSR count). The molecule has 198 valence electrons. The molecule has 3 aromatic carbocycles. The van der Waals surface area contributed by atoms with Crippen LogP contribution in [0.1, 0.15) is 69.0 Å². The maximum Gasteiger partial charge on any atom is 0.249 e. The van der Waals surface area contributed by atoms with Gasteiger partial charge in [0, 0.05) is 17.9 Å². The van der Waals surface area contributed by atoms with Crippen LogP contribution in [0.3, 0.4) is 0 Å². The Balaban J connectivity index is 1.35. The lowest BCUT2D eigenvalue weighted by Crippen LogP contribution is -2.40. The molecule has 6 nitrogen and oxygen atoms in total. The molecule has 4 atom stereocenters. The number of primary amides is 1. The quantitative estimate of drug-likeness (QED) is 0.351. The maximum atomic E-state index is 13.6. The monoisotopic (exact) mass is 512 g/mol. The van der Waals surface area contributed by atoms with Crippen LogP contribution in [-0.2, 0) is 36.9 Å². The normalized spacial score (nSPS) is 19.7. The fourth-order valence-electron chi connectivity index (χ4n) is 6.22. The van der Waals surface area contributed by atoms with E-state index >= 15 is 0 Å². The van der Waals surface area contributed by atoms with E-state index in [1.165, 1.54) is 5.56 Å². The molecular weight excluding hydrogens is 476 g/mol. The van der Waals surface area contributed by atoms with Crippen molar-refractivity contribution in [1.29, 1.82) is 0 Å². The first-order valence-electron chi connectivity index (χ1n) is 13.6. The van der Waals surface area contributed by atoms with Crippen LogP contribution in [0.15, 0.2) is 66.7 Å². The topological polar surface area (TPSA) is 113 Å². The molecule has 0 radical (unpaired) electrons. The fourth-order valence-corrected chi connectivity index (χ4v) is 6.22. The number of aliphatic hydroxyl groups excluding tert-OH is 2. The van der Waals surface area contributed by atoms with Gasteiger partial charge in [-0.25, -0.2) is 0 Å². The predicted octanol–water partition coefficient (Wildman–Crippen LogP) is 3.59. The van der Waals surface area contributed by atoms with Gasteiger partial charge in [0.1, 0.15) is 0 Å². The highest BCUT2D eigenvalue weighted by Crippen LogP contribution is 2.32. The summed E-state index contributed by atoms with van der Waals surface area (Å²) in [6, 6.07) is 21.0. The summed E-state index contributed by atoms with van der Waals surface area (Å²) in [5.41, 5.74) is 12.2. The second kappa shape index (κ2) is 11.5. The first kappa shape index (κ1) is 26.1. The highest BCUT2D eigenvalue weighted by molar-refractivity contribution is 5.96. The number of hydrogen-bond acceptors (Lipinski definition) is 4. The lowest BCUT2D eigenvalue weighted by atomic mass is 9.83. The molecule has 0 spiro atoms. The minimum Gasteiger partial charge on any atom is -0.393 e. The van der Waals surface area contributed by atoms with Gasteiger partial charge < -0.3 is 21.3 Å². The first-order valence-corrected chi connectivity index (χ1v) is 13.6. The van der Waals surface area contributed by atoms with Gasteiger partial charge in [-0.1, -0.05) is 66.7 Å². The Bertz CT molecular complexity index is 1310. The summed E-state index contributed by atoms with van der Waals surface area (Å²) in [7, 11) is 0. The fraction of sp³-hybridized carbons (Fsp3) is 0.375. The van der Waals surface area contributed by atoms with Crippen LogP contribution in [0.5, 0.6) is 0 Å². The summed E-state index contributed by atoms with van der Waals surface area (Å²) in [6.45, 7) is 0. The zero-order valence-corrected chi connectivity index (χ0v) is 21.6. The van der Waals surface area contributed by atoms with E-state index in [0.717, 1.165) is 53.5 Å². The summed E-state index contributed by atoms with van der Waals surface area (Å²) in [5, 5.41) is 24.9. The van der Waals surface area contributed by atoms with Crippen molar-refractivity contribution in [1.82, 2.24) is 5.32 Å². The molecule has 5 N–H and O–H groups in total. The lowest BCUT2D eigenvalue weighted by molar-refractivity contribution is -0.127. The second-order valence-electron chi connectivity index (χ2n) is 10.7. The van der Waals surface area contributed by atoms with Crippen molar-refractivity contribution >= 4 is 11.8 Å². The molecule has 0 aliphatic heterocycles. The maximum absolute atomic E-state index is 13.6. The van der Waals surface area contributed by atoms with Crippen molar-refractivity contribution in [3.63, 3.8) is 0 Å². The molecule has 2 aliphatic rings. The van der Waals surface area contributed by atoms with E-state index in [1.54, 1.807) is 0 Å². The highest BCUT2D eigenvalue weighted by atomic mass is 16.3. The second-order valence-corrected chi connectivity index (χ2v) is 10.7. The molecule has 0 aromatic heterocycles. The van der Waals surface area contributed by atoms with Crippen molar-refractivity contribution in [3.05, 3.63) is 106 Å². The van der Waals surface area contributed by atoms with Crippen LogP contribution in [0, 0.1) is 5.92 Å². The van der Waals surface area contributed by atoms with E-state index < -0.39 is 30.1 Å². The number of carbonyl (C=O) groups is 2. The molecule has 0 fully saturated rings. The highest BCUT2D eigenvalue weighted by Gasteiger charge is 2.34. The summed E-state index contributed by atoms with van der Waals surface area (Å²) >= 11 is 0. The van der Waals surface area contributed by atoms with Gasteiger partial charge in [0.25, 0.3) is 0 Å². The average Bonchev–Trinajstić information content (AvgIpc) is 3.23. The number of aliphatic hydroxyl groups is 2. The van der Waals surface area contributed by atoms with Crippen LogP contribution in [0.25, 0.3) is 0 Å². The zero-order valence-electron chi connectivity index (χ0n) is 21.6. The van der Waals surface area contributed by atoms with Crippen molar-refractivity contribution < 1.29 is 19.8 Å². The summed E-state index contributed by atoms with van der Waals surface area (Å²) in [4.78, 5) is 26.0. The SMILES string of the molecule is NC(=O)c1c(C[C@@H](O)C[C@@H](Cc2ccccc2)C(=O)N[C@H]2c3ccccc3C[C@H]2O)ccc2c1CCCC2. The zero-order chi connectivity index (χ0) is 26.6. The number of rotatable bonds is 9. The van der Waals surface area contributed by atoms with Gasteiger partial charge in [0.05, 0.1) is 18.2 Å². The third-order valence-corrected chi connectivity index (χ3v) is 8.08. The van der Waals surface area contributed by atoms with E-state index in [1.807, 2.05) is 60.7 Å². The van der Waals surface area contributed by atoms with Gasteiger partial charge in [-0.3, -0.25) is 9.59 Å². The molecule has 6 heteroatoms. The van der Waals surface area contributed by atoms with Gasteiger partial charge in [-0.2, -0.15) is 0 Å². The Morgan fingerprint density at radius 1 is 0.921 bits per heavy atom. The summed E-state index contributed by atoms with van der Waals surface area (Å²) in [5.74, 6) is -1.17. The molecule has 0 saturated carbocycles. The molecule has 0 unspecified atom stereocenters. The smallest absolute Gasteiger partial charge is 0.249 e. The number of amides is 2. The van der Waals surface area contributed by atoms with Crippen molar-refractivity contribution in [2.75, 3.05) is 0 Å². The first-order chi connectivity index (χ1) is 18.4. The van der Waals surface area contributed by atoms with Crippen molar-refractivity contribution in [3.8, 4) is 0 Å². The number of benzene rings is 3. The molecule has 2 amide bonds. The van der Waals surface area contributed by atoms with Gasteiger partial charge in [-0.15, -0.1) is 0 Å². The Hall–Kier alpha value is -3.48. The largest absolute Gasteiger partial charge is 0.393 e. The number of nitrogens with two attached hydrogens (primary N) is 1. The average molecular weight is 513 g/mol. The third-order valence-electron chi connectivity index (χ3n) is 8.08. The molecule has 38 heavy (non-hydrogen) atoms. The Morgan fingerprint density at radius 2 is 1.66 bits per heavy atom. The van der Waals surface area contributed by atoms with Crippen LogP contribution in [0.4, 0.5) is 0 Å². The number of aryl methyl sites for hydroxylation is 1. The van der Waals surface area contributed by atoms with Gasteiger partial charge in [-0.05, 0) is 78.3 Å². The number of carbonyl (C=O) groups excluding carboxylic acids is 2. The van der Waals surface area contributed by atoms with Crippen LogP contribution in [0.2, 0.25) is 0 Å². The van der Waals surface area contributed by atoms with Crippen LogP contribution < -0.4 is 11.1 Å². The Labute approximate surface area is 223 Å². The van der Waals surface area contributed by atoms with Crippen molar-refractivity contribution in [2.45, 2.75) is 69.6 Å². The van der Waals surface area contributed by atoms with E-state index in [2.05, 4.69) is 11.4 Å². The lowest BCUT2D eigenvalue weighted by Gasteiger charge is -2.25. The number of hydrogen-bond donors (Lipinski definition) is 4. The van der Waals surface area contributed by atoms with Crippen LogP contribution >= 0.6 is 0 Å². The minimum atomic E-state index is -0.838. The van der Waals surface area contributed by atoms with E-state index in [9.17, 15) is 19.8 Å². The summed E-state index contributed by atoms with van der Waals surface area (Å²) < 4.78 is 0. The van der Waals surface area contributed by atoms with Gasteiger partial charge in [0.2, 0.25) is 11.8 Å². The van der Waals surface area contributed by atoms with E-state index in [0.29, 0.717) is 18.4 Å². The summed E-state index contributed by atoms with van der Waals surface area (Å²) in [6.07, 6.45) is 3.79. The molecule has 0 bridgehead atoms. The molecule has 3 aromatic rings. The predicted molar refractivity (Wildman–Crippen MR) is 147 cm³/mol. The molecular formula is C32H36N2O4. The minimum absolute atomic E-state index is 0.200. The molecule has 0 saturated heterocycles. The molecule has 0 heterocycles. The van der Waals surface area contributed by atoms with Gasteiger partial charge >= 0.3 is 0 Å². The number of fused-ring (bicyclic) bond motifs is 2. The van der Waals surface area contributed by atoms with Gasteiger partial charge in [0.15, 0.2) is 0 Å².